The van der Waals surface area contributed by atoms with Crippen molar-refractivity contribution in [2.45, 2.75) is 13.5 Å². The number of hydrogen-bond donors (Lipinski definition) is 0. The third-order valence-corrected chi connectivity index (χ3v) is 4.41. The number of halogens is 1. The lowest BCUT2D eigenvalue weighted by Crippen LogP contribution is -2.12. The van der Waals surface area contributed by atoms with Gasteiger partial charge >= 0.3 is 0 Å². The first-order chi connectivity index (χ1) is 12.2. The van der Waals surface area contributed by atoms with Crippen LogP contribution >= 0.6 is 0 Å². The van der Waals surface area contributed by atoms with Crippen molar-refractivity contribution in [1.29, 1.82) is 0 Å². The van der Waals surface area contributed by atoms with Crippen LogP contribution < -0.4 is 4.84 Å². The number of fused-ring (bicyclic) bond motifs is 1. The van der Waals surface area contributed by atoms with Gasteiger partial charge in [0, 0.05) is 10.9 Å². The number of rotatable bonds is 4. The summed E-state index contributed by atoms with van der Waals surface area (Å²) in [6, 6.07) is 24.7. The van der Waals surface area contributed by atoms with E-state index in [0.29, 0.717) is 6.61 Å². The maximum atomic E-state index is 13.3. The molecule has 4 aromatic rings. The first kappa shape index (κ1) is 15.5. The van der Waals surface area contributed by atoms with Gasteiger partial charge in [-0.3, -0.25) is 0 Å². The molecule has 0 unspecified atom stereocenters. The zero-order valence-electron chi connectivity index (χ0n) is 13.9. The Bertz CT molecular complexity index is 1000. The molecule has 2 nitrogen and oxygen atoms in total. The highest BCUT2D eigenvalue weighted by Crippen LogP contribution is 2.32. The highest BCUT2D eigenvalue weighted by molar-refractivity contribution is 5.91. The fourth-order valence-corrected chi connectivity index (χ4v) is 3.16. The van der Waals surface area contributed by atoms with Gasteiger partial charge in [-0.25, -0.2) is 4.39 Å². The van der Waals surface area contributed by atoms with E-state index in [-0.39, 0.29) is 5.82 Å². The second-order valence-electron chi connectivity index (χ2n) is 6.05. The van der Waals surface area contributed by atoms with Crippen molar-refractivity contribution in [1.82, 2.24) is 4.73 Å². The molecule has 0 aliphatic carbocycles. The van der Waals surface area contributed by atoms with Crippen molar-refractivity contribution in [3.05, 3.63) is 95.8 Å². The number of hydrogen-bond acceptors (Lipinski definition) is 1. The van der Waals surface area contributed by atoms with Crippen LogP contribution in [0, 0.1) is 12.7 Å². The van der Waals surface area contributed by atoms with E-state index in [1.165, 1.54) is 12.1 Å². The lowest BCUT2D eigenvalue weighted by molar-refractivity contribution is 0.111. The van der Waals surface area contributed by atoms with Crippen LogP contribution in [0.25, 0.3) is 22.2 Å². The van der Waals surface area contributed by atoms with Crippen molar-refractivity contribution in [2.75, 3.05) is 0 Å². The van der Waals surface area contributed by atoms with Crippen molar-refractivity contribution in [3.63, 3.8) is 0 Å². The van der Waals surface area contributed by atoms with E-state index in [0.717, 1.165) is 33.3 Å². The number of nitrogens with zero attached hydrogens (tertiary/aromatic N) is 1. The van der Waals surface area contributed by atoms with Crippen LogP contribution in [0.5, 0.6) is 0 Å². The van der Waals surface area contributed by atoms with Crippen LogP contribution in [0.4, 0.5) is 4.39 Å². The summed E-state index contributed by atoms with van der Waals surface area (Å²) in [7, 11) is 0. The number of para-hydroxylation sites is 1. The van der Waals surface area contributed by atoms with Gasteiger partial charge in [0.05, 0.1) is 11.2 Å². The molecule has 1 aromatic heterocycles. The second kappa shape index (κ2) is 6.44. The monoisotopic (exact) mass is 331 g/mol. The van der Waals surface area contributed by atoms with Gasteiger partial charge in [0.15, 0.2) is 0 Å². The topological polar surface area (TPSA) is 14.2 Å². The van der Waals surface area contributed by atoms with Crippen LogP contribution in [-0.4, -0.2) is 4.73 Å². The SMILES string of the molecule is Cc1c(-c2ccc(F)cc2)n(OCc2ccccc2)c2ccccc12. The molecule has 25 heavy (non-hydrogen) atoms. The highest BCUT2D eigenvalue weighted by atomic mass is 19.1. The summed E-state index contributed by atoms with van der Waals surface area (Å²) in [6.07, 6.45) is 0. The average Bonchev–Trinajstić information content (AvgIpc) is 2.94. The van der Waals surface area contributed by atoms with E-state index in [2.05, 4.69) is 13.0 Å². The van der Waals surface area contributed by atoms with Gasteiger partial charge in [-0.15, -0.1) is 0 Å². The molecule has 0 saturated carbocycles. The van der Waals surface area contributed by atoms with Crippen LogP contribution in [0.2, 0.25) is 0 Å². The average molecular weight is 331 g/mol. The molecule has 1 heterocycles. The smallest absolute Gasteiger partial charge is 0.140 e. The van der Waals surface area contributed by atoms with E-state index in [9.17, 15) is 4.39 Å². The molecule has 3 aromatic carbocycles. The van der Waals surface area contributed by atoms with E-state index in [1.807, 2.05) is 53.3 Å². The molecule has 0 fully saturated rings. The molecular weight excluding hydrogens is 313 g/mol. The number of aromatic nitrogens is 1. The van der Waals surface area contributed by atoms with Crippen molar-refractivity contribution in [2.24, 2.45) is 0 Å². The van der Waals surface area contributed by atoms with Crippen molar-refractivity contribution >= 4 is 10.9 Å². The lowest BCUT2D eigenvalue weighted by atomic mass is 10.1. The second-order valence-corrected chi connectivity index (χ2v) is 6.05. The predicted molar refractivity (Wildman–Crippen MR) is 98.8 cm³/mol. The van der Waals surface area contributed by atoms with Crippen LogP contribution in [0.15, 0.2) is 78.9 Å². The van der Waals surface area contributed by atoms with Crippen molar-refractivity contribution < 1.29 is 9.23 Å². The molecule has 0 radical (unpaired) electrons. The summed E-state index contributed by atoms with van der Waals surface area (Å²) in [6.45, 7) is 2.54. The Hall–Kier alpha value is -3.07. The van der Waals surface area contributed by atoms with E-state index < -0.39 is 0 Å². The Labute approximate surface area is 146 Å². The predicted octanol–water partition coefficient (Wildman–Crippen LogP) is 5.38. The summed E-state index contributed by atoms with van der Waals surface area (Å²) in [5.41, 5.74) is 5.12. The normalized spacial score (nSPS) is 11.0. The number of aryl methyl sites for hydroxylation is 1. The Morgan fingerprint density at radius 1 is 0.840 bits per heavy atom. The Morgan fingerprint density at radius 3 is 2.28 bits per heavy atom. The minimum Gasteiger partial charge on any atom is -0.408 e. The van der Waals surface area contributed by atoms with Gasteiger partial charge in [0.25, 0.3) is 0 Å². The van der Waals surface area contributed by atoms with Gasteiger partial charge < -0.3 is 4.84 Å². The van der Waals surface area contributed by atoms with Crippen LogP contribution in [0.1, 0.15) is 11.1 Å². The Morgan fingerprint density at radius 2 is 1.52 bits per heavy atom. The molecule has 0 bridgehead atoms. The molecule has 0 aliphatic rings. The summed E-state index contributed by atoms with van der Waals surface area (Å²) < 4.78 is 15.2. The quantitative estimate of drug-likeness (QED) is 0.489. The lowest BCUT2D eigenvalue weighted by Gasteiger charge is -2.13. The maximum absolute atomic E-state index is 13.3. The van der Waals surface area contributed by atoms with Crippen LogP contribution in [0.3, 0.4) is 0 Å². The molecule has 0 N–H and O–H groups in total. The molecule has 0 saturated heterocycles. The van der Waals surface area contributed by atoms with E-state index in [4.69, 9.17) is 4.84 Å². The molecule has 0 aliphatic heterocycles. The molecule has 4 rings (SSSR count). The van der Waals surface area contributed by atoms with Crippen LogP contribution in [-0.2, 0) is 6.61 Å². The molecule has 124 valence electrons. The zero-order valence-corrected chi connectivity index (χ0v) is 13.9. The molecule has 3 heteroatoms. The third kappa shape index (κ3) is 2.89. The van der Waals surface area contributed by atoms with Crippen molar-refractivity contribution in [3.8, 4) is 11.3 Å². The molecule has 0 amide bonds. The first-order valence-corrected chi connectivity index (χ1v) is 8.27. The van der Waals surface area contributed by atoms with Gasteiger partial charge in [-0.1, -0.05) is 48.5 Å². The standard InChI is InChI=1S/C22H18FNO/c1-16-20-9-5-6-10-21(20)24(25-15-17-7-3-2-4-8-17)22(16)18-11-13-19(23)14-12-18/h2-14H,15H2,1H3. The van der Waals surface area contributed by atoms with Gasteiger partial charge in [0.2, 0.25) is 0 Å². The Kier molecular flexibility index (Phi) is 3.98. The highest BCUT2D eigenvalue weighted by Gasteiger charge is 2.16. The fourth-order valence-electron chi connectivity index (χ4n) is 3.16. The summed E-state index contributed by atoms with van der Waals surface area (Å²) in [5, 5.41) is 1.13. The minimum absolute atomic E-state index is 0.241. The summed E-state index contributed by atoms with van der Waals surface area (Å²) in [5.74, 6) is -0.241. The summed E-state index contributed by atoms with van der Waals surface area (Å²) >= 11 is 0. The van der Waals surface area contributed by atoms with Gasteiger partial charge in [0.1, 0.15) is 12.4 Å². The summed E-state index contributed by atoms with van der Waals surface area (Å²) in [4.78, 5) is 6.16. The van der Waals surface area contributed by atoms with Gasteiger partial charge in [-0.05, 0) is 48.4 Å². The fraction of sp³-hybridized carbons (Fsp3) is 0.0909. The number of benzene rings is 3. The Balaban J connectivity index is 1.83. The van der Waals surface area contributed by atoms with E-state index >= 15 is 0 Å². The van der Waals surface area contributed by atoms with E-state index in [1.54, 1.807) is 12.1 Å². The zero-order chi connectivity index (χ0) is 17.2. The molecular formula is C22H18FNO. The first-order valence-electron chi connectivity index (χ1n) is 8.27. The third-order valence-electron chi connectivity index (χ3n) is 4.41. The van der Waals surface area contributed by atoms with Gasteiger partial charge in [-0.2, -0.15) is 4.73 Å². The largest absolute Gasteiger partial charge is 0.408 e. The maximum Gasteiger partial charge on any atom is 0.140 e. The molecule has 0 atom stereocenters. The minimum atomic E-state index is -0.241. The molecule has 0 spiro atoms.